The summed E-state index contributed by atoms with van der Waals surface area (Å²) in [4.78, 5) is 31.0. The molecule has 1 aliphatic rings. The molecule has 2 aromatic heterocycles. The van der Waals surface area contributed by atoms with Gasteiger partial charge in [-0.15, -0.1) is 0 Å². The van der Waals surface area contributed by atoms with Crippen LogP contribution < -0.4 is 15.6 Å². The molecule has 1 N–H and O–H groups in total. The summed E-state index contributed by atoms with van der Waals surface area (Å²) in [5.41, 5.74) is 4.09. The zero-order valence-corrected chi connectivity index (χ0v) is 20.1. The Morgan fingerprint density at radius 1 is 1.24 bits per heavy atom. The highest BCUT2D eigenvalue weighted by Crippen LogP contribution is 2.34. The number of hydrogen-bond donors (Lipinski definition) is 1. The maximum absolute atomic E-state index is 13.4. The molecule has 9 heteroatoms. The van der Waals surface area contributed by atoms with Crippen LogP contribution in [0, 0.1) is 13.8 Å². The molecule has 1 aliphatic heterocycles. The van der Waals surface area contributed by atoms with Gasteiger partial charge in [-0.1, -0.05) is 41.6 Å². The first-order valence-corrected chi connectivity index (χ1v) is 12.2. The number of carbonyl (C=O) groups is 1. The fraction of sp³-hybridized carbons (Fsp3) is 0.280. The number of benzene rings is 2. The van der Waals surface area contributed by atoms with Gasteiger partial charge in [0, 0.05) is 12.2 Å². The van der Waals surface area contributed by atoms with E-state index in [1.54, 1.807) is 21.5 Å². The predicted molar refractivity (Wildman–Crippen MR) is 133 cm³/mol. The molecular weight excluding hydrogens is 450 g/mol. The SMILES string of the molecule is CCOc1ccccc1NC(=O)CC1CSc2nc3c(cnn3-c3ccc(C)cc3C)c(=O)n21. The van der Waals surface area contributed by atoms with Crippen LogP contribution in [0.15, 0.2) is 58.6 Å². The maximum atomic E-state index is 13.4. The average Bonchev–Trinajstić information content (AvgIpc) is 3.40. The number of fused-ring (bicyclic) bond motifs is 2. The Morgan fingerprint density at radius 3 is 2.85 bits per heavy atom. The molecule has 0 saturated carbocycles. The van der Waals surface area contributed by atoms with Crippen LogP contribution in [0.25, 0.3) is 16.7 Å². The predicted octanol–water partition coefficient (Wildman–Crippen LogP) is 4.27. The minimum atomic E-state index is -0.284. The van der Waals surface area contributed by atoms with E-state index in [1.807, 2.05) is 51.1 Å². The summed E-state index contributed by atoms with van der Waals surface area (Å²) in [5, 5.41) is 8.44. The van der Waals surface area contributed by atoms with E-state index < -0.39 is 0 Å². The fourth-order valence-electron chi connectivity index (χ4n) is 4.27. The number of nitrogens with one attached hydrogen (secondary N) is 1. The molecule has 0 bridgehead atoms. The zero-order valence-electron chi connectivity index (χ0n) is 19.2. The van der Waals surface area contributed by atoms with E-state index in [4.69, 9.17) is 9.72 Å². The van der Waals surface area contributed by atoms with Gasteiger partial charge >= 0.3 is 0 Å². The lowest BCUT2D eigenvalue weighted by Gasteiger charge is -2.15. The molecule has 34 heavy (non-hydrogen) atoms. The molecule has 1 unspecified atom stereocenters. The van der Waals surface area contributed by atoms with Crippen LogP contribution in [-0.4, -0.2) is 37.6 Å². The fourth-order valence-corrected chi connectivity index (χ4v) is 5.40. The molecule has 8 nitrogen and oxygen atoms in total. The molecule has 0 radical (unpaired) electrons. The number of hydrogen-bond acceptors (Lipinski definition) is 6. The van der Waals surface area contributed by atoms with Crippen molar-refractivity contribution in [3.8, 4) is 11.4 Å². The Morgan fingerprint density at radius 2 is 2.06 bits per heavy atom. The van der Waals surface area contributed by atoms with E-state index in [1.165, 1.54) is 11.8 Å². The van der Waals surface area contributed by atoms with Crippen LogP contribution in [0.4, 0.5) is 5.69 Å². The summed E-state index contributed by atoms with van der Waals surface area (Å²) in [5.74, 6) is 1.05. The number of thioether (sulfide) groups is 1. The van der Waals surface area contributed by atoms with Gasteiger partial charge in [0.05, 0.1) is 30.2 Å². The van der Waals surface area contributed by atoms with Crippen molar-refractivity contribution in [2.45, 2.75) is 38.4 Å². The van der Waals surface area contributed by atoms with Crippen LogP contribution in [0.1, 0.15) is 30.5 Å². The maximum Gasteiger partial charge on any atom is 0.265 e. The van der Waals surface area contributed by atoms with Crippen LogP contribution in [0.5, 0.6) is 5.75 Å². The van der Waals surface area contributed by atoms with E-state index >= 15 is 0 Å². The van der Waals surface area contributed by atoms with Crippen LogP contribution >= 0.6 is 11.8 Å². The number of nitrogens with zero attached hydrogens (tertiary/aromatic N) is 4. The van der Waals surface area contributed by atoms with E-state index in [-0.39, 0.29) is 23.9 Å². The summed E-state index contributed by atoms with van der Waals surface area (Å²) in [7, 11) is 0. The third kappa shape index (κ3) is 3.96. The lowest BCUT2D eigenvalue weighted by Crippen LogP contribution is -2.27. The first-order valence-electron chi connectivity index (χ1n) is 11.2. The largest absolute Gasteiger partial charge is 0.492 e. The first-order chi connectivity index (χ1) is 16.5. The standard InChI is InChI=1S/C25H25N5O3S/c1-4-33-21-8-6-5-7-19(21)27-22(31)12-17-14-34-25-28-23-18(24(32)29(17)25)13-26-30(23)20-10-9-15(2)11-16(20)3/h5-11,13,17H,4,12,14H2,1-3H3,(H,27,31). The minimum absolute atomic E-state index is 0.165. The quantitative estimate of drug-likeness (QED) is 0.419. The molecule has 0 fully saturated rings. The van der Waals surface area contributed by atoms with E-state index in [9.17, 15) is 9.59 Å². The number of aryl methyl sites for hydroxylation is 2. The second-order valence-corrected chi connectivity index (χ2v) is 9.29. The van der Waals surface area contributed by atoms with Crippen molar-refractivity contribution in [2.24, 2.45) is 0 Å². The lowest BCUT2D eigenvalue weighted by molar-refractivity contribution is -0.116. The van der Waals surface area contributed by atoms with Gasteiger partial charge in [0.2, 0.25) is 5.91 Å². The number of aromatic nitrogens is 4. The normalized spacial score (nSPS) is 14.9. The van der Waals surface area contributed by atoms with E-state index in [0.717, 1.165) is 16.8 Å². The molecule has 1 amide bonds. The van der Waals surface area contributed by atoms with Gasteiger partial charge in [-0.2, -0.15) is 5.10 Å². The van der Waals surface area contributed by atoms with Crippen LogP contribution in [-0.2, 0) is 4.79 Å². The second kappa shape index (κ2) is 8.98. The Balaban J connectivity index is 1.44. The van der Waals surface area contributed by atoms with Crippen LogP contribution in [0.2, 0.25) is 0 Å². The zero-order chi connectivity index (χ0) is 23.8. The molecule has 5 rings (SSSR count). The van der Waals surface area contributed by atoms with E-state index in [2.05, 4.69) is 16.5 Å². The monoisotopic (exact) mass is 475 g/mol. The molecule has 0 saturated heterocycles. The molecule has 0 aliphatic carbocycles. The van der Waals surface area contributed by atoms with Gasteiger partial charge in [-0.3, -0.25) is 14.2 Å². The van der Waals surface area contributed by atoms with Crippen molar-refractivity contribution in [3.05, 3.63) is 70.1 Å². The van der Waals surface area contributed by atoms with Crippen molar-refractivity contribution in [3.63, 3.8) is 0 Å². The molecule has 3 heterocycles. The Bertz CT molecular complexity index is 1460. The average molecular weight is 476 g/mol. The van der Waals surface area contributed by atoms with Gasteiger partial charge < -0.3 is 10.1 Å². The third-order valence-corrected chi connectivity index (χ3v) is 6.93. The summed E-state index contributed by atoms with van der Waals surface area (Å²) in [6, 6.07) is 13.1. The molecular formula is C25H25N5O3S. The summed E-state index contributed by atoms with van der Waals surface area (Å²) in [6.07, 6.45) is 1.73. The number of ether oxygens (including phenoxy) is 1. The first kappa shape index (κ1) is 22.2. The molecule has 4 aromatic rings. The molecule has 2 aromatic carbocycles. The van der Waals surface area contributed by atoms with Gasteiger partial charge in [0.1, 0.15) is 11.1 Å². The highest BCUT2D eigenvalue weighted by atomic mass is 32.2. The topological polar surface area (TPSA) is 91.0 Å². The number of carbonyl (C=O) groups excluding carboxylic acids is 1. The van der Waals surface area contributed by atoms with E-state index in [0.29, 0.717) is 40.0 Å². The Labute approximate surface area is 201 Å². The Hall–Kier alpha value is -3.59. The minimum Gasteiger partial charge on any atom is -0.492 e. The second-order valence-electron chi connectivity index (χ2n) is 8.30. The van der Waals surface area contributed by atoms with Crippen molar-refractivity contribution >= 4 is 34.4 Å². The number of para-hydroxylation sites is 2. The number of amides is 1. The van der Waals surface area contributed by atoms with Crippen molar-refractivity contribution in [1.82, 2.24) is 19.3 Å². The van der Waals surface area contributed by atoms with Gasteiger partial charge in [-0.25, -0.2) is 9.67 Å². The highest BCUT2D eigenvalue weighted by molar-refractivity contribution is 7.99. The number of rotatable bonds is 6. The summed E-state index contributed by atoms with van der Waals surface area (Å²) < 4.78 is 8.95. The third-order valence-electron chi connectivity index (χ3n) is 5.83. The van der Waals surface area contributed by atoms with Crippen molar-refractivity contribution in [2.75, 3.05) is 17.7 Å². The van der Waals surface area contributed by atoms with Crippen molar-refractivity contribution in [1.29, 1.82) is 0 Å². The van der Waals surface area contributed by atoms with Gasteiger partial charge in [-0.05, 0) is 44.5 Å². The molecule has 0 spiro atoms. The molecule has 174 valence electrons. The van der Waals surface area contributed by atoms with Gasteiger partial charge in [0.15, 0.2) is 10.8 Å². The highest BCUT2D eigenvalue weighted by Gasteiger charge is 2.30. The van der Waals surface area contributed by atoms with Crippen molar-refractivity contribution < 1.29 is 9.53 Å². The number of anilines is 1. The lowest BCUT2D eigenvalue weighted by atomic mass is 10.1. The molecule has 1 atom stereocenters. The van der Waals surface area contributed by atoms with Crippen LogP contribution in [0.3, 0.4) is 0 Å². The smallest absolute Gasteiger partial charge is 0.265 e. The summed E-state index contributed by atoms with van der Waals surface area (Å²) >= 11 is 1.48. The van der Waals surface area contributed by atoms with Gasteiger partial charge in [0.25, 0.3) is 5.56 Å². The Kier molecular flexibility index (Phi) is 5.87. The summed E-state index contributed by atoms with van der Waals surface area (Å²) in [6.45, 7) is 6.46.